The van der Waals surface area contributed by atoms with Crippen LogP contribution in [0, 0.1) is 10.1 Å². The molecule has 1 aromatic heterocycles. The average molecular weight is 322 g/mol. The number of nitrogens with zero attached hydrogens (tertiary/aromatic N) is 3. The van der Waals surface area contributed by atoms with Gasteiger partial charge in [-0.2, -0.15) is 4.98 Å². The first-order valence-corrected chi connectivity index (χ1v) is 7.45. The molecule has 9 heteroatoms. The fourth-order valence-electron chi connectivity index (χ4n) is 2.70. The van der Waals surface area contributed by atoms with Gasteiger partial charge in [-0.25, -0.2) is 0 Å². The Morgan fingerprint density at radius 2 is 2.17 bits per heavy atom. The van der Waals surface area contributed by atoms with E-state index >= 15 is 0 Å². The summed E-state index contributed by atoms with van der Waals surface area (Å²) in [4.78, 5) is 17.1. The number of anilines is 2. The Kier molecular flexibility index (Phi) is 4.30. The molecule has 1 aliphatic rings. The molecule has 0 atom stereocenters. The maximum Gasteiger partial charge on any atom is 0.296 e. The Morgan fingerprint density at radius 1 is 1.43 bits per heavy atom. The number of oxazole rings is 1. The van der Waals surface area contributed by atoms with E-state index in [0.717, 1.165) is 0 Å². The Labute approximate surface area is 131 Å². The van der Waals surface area contributed by atoms with Crippen molar-refractivity contribution >= 4 is 28.5 Å². The Hall–Kier alpha value is -2.39. The van der Waals surface area contributed by atoms with Crippen LogP contribution in [0.5, 0.6) is 0 Å². The summed E-state index contributed by atoms with van der Waals surface area (Å²) < 4.78 is 5.42. The maximum absolute atomic E-state index is 11.4. The minimum atomic E-state index is -0.441. The average Bonchev–Trinajstić information content (AvgIpc) is 2.94. The van der Waals surface area contributed by atoms with Gasteiger partial charge >= 0.3 is 0 Å². The van der Waals surface area contributed by atoms with E-state index in [0.29, 0.717) is 42.7 Å². The van der Waals surface area contributed by atoms with Crippen molar-refractivity contribution in [3.63, 3.8) is 0 Å². The number of nitrogens with one attached hydrogen (secondary N) is 1. The summed E-state index contributed by atoms with van der Waals surface area (Å²) in [7, 11) is 0. The summed E-state index contributed by atoms with van der Waals surface area (Å²) in [5, 5.41) is 32.6. The molecule has 23 heavy (non-hydrogen) atoms. The predicted molar refractivity (Wildman–Crippen MR) is 83.7 cm³/mol. The number of aliphatic hydroxyl groups is 2. The standard InChI is InChI=1S/C14H18N4O5/c19-6-3-15-14-16-10-7-11(17-4-1-9(20)2-5-17)12(18(21)22)8-13(10)23-14/h7-9,19-20H,1-6H2,(H,15,16). The monoisotopic (exact) mass is 322 g/mol. The highest BCUT2D eigenvalue weighted by molar-refractivity contribution is 5.85. The quantitative estimate of drug-likeness (QED) is 0.552. The molecule has 1 aromatic carbocycles. The van der Waals surface area contributed by atoms with Gasteiger partial charge in [-0.15, -0.1) is 0 Å². The molecule has 0 radical (unpaired) electrons. The zero-order valence-corrected chi connectivity index (χ0v) is 12.4. The maximum atomic E-state index is 11.4. The molecule has 124 valence electrons. The topological polar surface area (TPSA) is 125 Å². The molecule has 0 aliphatic carbocycles. The fraction of sp³-hybridized carbons (Fsp3) is 0.500. The molecule has 0 amide bonds. The number of nitro benzene ring substituents is 1. The third-order valence-corrected chi connectivity index (χ3v) is 3.87. The summed E-state index contributed by atoms with van der Waals surface area (Å²) in [6.07, 6.45) is 0.810. The highest BCUT2D eigenvalue weighted by Gasteiger charge is 2.26. The van der Waals surface area contributed by atoms with Crippen molar-refractivity contribution in [3.05, 3.63) is 22.2 Å². The Balaban J connectivity index is 1.97. The number of piperidine rings is 1. The molecule has 3 N–H and O–H groups in total. The van der Waals surface area contributed by atoms with Crippen LogP contribution < -0.4 is 10.2 Å². The van der Waals surface area contributed by atoms with Gasteiger partial charge in [0, 0.05) is 19.6 Å². The molecule has 0 spiro atoms. The van der Waals surface area contributed by atoms with Crippen LogP contribution in [0.3, 0.4) is 0 Å². The highest BCUT2D eigenvalue weighted by Crippen LogP contribution is 2.35. The van der Waals surface area contributed by atoms with Crippen LogP contribution >= 0.6 is 0 Å². The lowest BCUT2D eigenvalue weighted by Gasteiger charge is -2.30. The Morgan fingerprint density at radius 3 is 2.83 bits per heavy atom. The SMILES string of the molecule is O=[N+]([O-])c1cc2oc(NCCO)nc2cc1N1CCC(O)CC1. The molecule has 1 saturated heterocycles. The summed E-state index contributed by atoms with van der Waals surface area (Å²) in [6, 6.07) is 3.22. The van der Waals surface area contributed by atoms with Crippen LogP contribution in [-0.4, -0.2) is 52.5 Å². The number of hydrogen-bond donors (Lipinski definition) is 3. The molecule has 0 bridgehead atoms. The van der Waals surface area contributed by atoms with Crippen molar-refractivity contribution in [2.75, 3.05) is 36.5 Å². The van der Waals surface area contributed by atoms with Gasteiger partial charge in [-0.1, -0.05) is 0 Å². The first-order valence-electron chi connectivity index (χ1n) is 7.45. The minimum Gasteiger partial charge on any atom is -0.423 e. The van der Waals surface area contributed by atoms with E-state index < -0.39 is 4.92 Å². The summed E-state index contributed by atoms with van der Waals surface area (Å²) in [5.41, 5.74) is 1.27. The van der Waals surface area contributed by atoms with Gasteiger partial charge < -0.3 is 24.8 Å². The minimum absolute atomic E-state index is 0.0428. The molecule has 0 saturated carbocycles. The first kappa shape index (κ1) is 15.5. The lowest BCUT2D eigenvalue weighted by molar-refractivity contribution is -0.384. The van der Waals surface area contributed by atoms with Gasteiger partial charge in [0.15, 0.2) is 5.58 Å². The molecule has 1 fully saturated rings. The number of aromatic nitrogens is 1. The van der Waals surface area contributed by atoms with Gasteiger partial charge in [-0.3, -0.25) is 10.1 Å². The lowest BCUT2D eigenvalue weighted by Crippen LogP contribution is -2.36. The molecule has 2 heterocycles. The number of aliphatic hydroxyl groups excluding tert-OH is 2. The molecule has 9 nitrogen and oxygen atoms in total. The summed E-state index contributed by atoms with van der Waals surface area (Å²) >= 11 is 0. The van der Waals surface area contributed by atoms with Crippen molar-refractivity contribution in [1.82, 2.24) is 4.98 Å². The number of hydrogen-bond acceptors (Lipinski definition) is 8. The van der Waals surface area contributed by atoms with E-state index in [1.165, 1.54) is 6.07 Å². The van der Waals surface area contributed by atoms with Crippen LogP contribution in [0.1, 0.15) is 12.8 Å². The van der Waals surface area contributed by atoms with E-state index in [1.54, 1.807) is 6.07 Å². The van der Waals surface area contributed by atoms with Crippen LogP contribution in [0.15, 0.2) is 16.5 Å². The molecule has 3 rings (SSSR count). The second kappa shape index (κ2) is 6.39. The van der Waals surface area contributed by atoms with E-state index in [4.69, 9.17) is 9.52 Å². The number of benzene rings is 1. The Bertz CT molecular complexity index is 709. The van der Waals surface area contributed by atoms with E-state index in [-0.39, 0.29) is 31.0 Å². The lowest BCUT2D eigenvalue weighted by atomic mass is 10.1. The van der Waals surface area contributed by atoms with Crippen molar-refractivity contribution in [3.8, 4) is 0 Å². The largest absolute Gasteiger partial charge is 0.423 e. The van der Waals surface area contributed by atoms with Crippen LogP contribution in [0.25, 0.3) is 11.1 Å². The zero-order valence-electron chi connectivity index (χ0n) is 12.4. The first-order chi connectivity index (χ1) is 11.1. The van der Waals surface area contributed by atoms with Gasteiger partial charge in [0.05, 0.1) is 23.7 Å². The fourth-order valence-corrected chi connectivity index (χ4v) is 2.70. The highest BCUT2D eigenvalue weighted by atomic mass is 16.6. The second-order valence-corrected chi connectivity index (χ2v) is 5.45. The van der Waals surface area contributed by atoms with E-state index in [2.05, 4.69) is 10.3 Å². The second-order valence-electron chi connectivity index (χ2n) is 5.45. The molecule has 2 aromatic rings. The van der Waals surface area contributed by atoms with Crippen LogP contribution in [0.2, 0.25) is 0 Å². The number of nitro groups is 1. The van der Waals surface area contributed by atoms with Gasteiger partial charge in [0.25, 0.3) is 11.7 Å². The molecule has 1 aliphatic heterocycles. The van der Waals surface area contributed by atoms with Gasteiger partial charge in [0.2, 0.25) is 0 Å². The van der Waals surface area contributed by atoms with Crippen molar-refractivity contribution in [2.45, 2.75) is 18.9 Å². The normalized spacial score (nSPS) is 16.0. The van der Waals surface area contributed by atoms with Crippen molar-refractivity contribution < 1.29 is 19.6 Å². The van der Waals surface area contributed by atoms with Crippen LogP contribution in [0.4, 0.5) is 17.4 Å². The van der Waals surface area contributed by atoms with Gasteiger partial charge in [0.1, 0.15) is 11.2 Å². The molecular weight excluding hydrogens is 304 g/mol. The van der Waals surface area contributed by atoms with Crippen molar-refractivity contribution in [2.24, 2.45) is 0 Å². The summed E-state index contributed by atoms with van der Waals surface area (Å²) in [6.45, 7) is 1.33. The number of fused-ring (bicyclic) bond motifs is 1. The van der Waals surface area contributed by atoms with E-state index in [1.807, 2.05) is 4.90 Å². The molecular formula is C14H18N4O5. The van der Waals surface area contributed by atoms with Crippen molar-refractivity contribution in [1.29, 1.82) is 0 Å². The zero-order chi connectivity index (χ0) is 16.4. The third kappa shape index (κ3) is 3.20. The molecule has 0 unspecified atom stereocenters. The smallest absolute Gasteiger partial charge is 0.296 e. The third-order valence-electron chi connectivity index (χ3n) is 3.87. The summed E-state index contributed by atoms with van der Waals surface area (Å²) in [5.74, 6) is 0. The van der Waals surface area contributed by atoms with Crippen LogP contribution in [-0.2, 0) is 0 Å². The predicted octanol–water partition coefficient (Wildman–Crippen LogP) is 1.10. The number of rotatable bonds is 5. The van der Waals surface area contributed by atoms with Gasteiger partial charge in [-0.05, 0) is 18.9 Å². The van der Waals surface area contributed by atoms with E-state index in [9.17, 15) is 15.2 Å².